The molecule has 0 atom stereocenters. The van der Waals surface area contributed by atoms with Crippen molar-refractivity contribution < 1.29 is 18.0 Å². The van der Waals surface area contributed by atoms with E-state index in [2.05, 4.69) is 15.8 Å². The number of carbonyl (C=O) groups excluding carboxylic acids is 1. The van der Waals surface area contributed by atoms with Crippen LogP contribution >= 0.6 is 0 Å². The zero-order valence-electron chi connectivity index (χ0n) is 13.6. The third-order valence-electron chi connectivity index (χ3n) is 3.14. The van der Waals surface area contributed by atoms with E-state index in [9.17, 15) is 18.0 Å². The van der Waals surface area contributed by atoms with Gasteiger partial charge in [-0.05, 0) is 30.3 Å². The van der Waals surface area contributed by atoms with Gasteiger partial charge in [0, 0.05) is 19.8 Å². The minimum atomic E-state index is -4.45. The second-order valence-corrected chi connectivity index (χ2v) is 5.34. The van der Waals surface area contributed by atoms with Crippen LogP contribution in [0.25, 0.3) is 0 Å². The lowest BCUT2D eigenvalue weighted by atomic mass is 10.2. The smallest absolute Gasteiger partial charge is 0.357 e. The number of hydrazone groups is 1. The first-order valence-corrected chi connectivity index (χ1v) is 7.32. The van der Waals surface area contributed by atoms with Gasteiger partial charge in [0.25, 0.3) is 5.91 Å². The lowest BCUT2D eigenvalue weighted by Crippen LogP contribution is -2.35. The number of amidine groups is 1. The summed E-state index contributed by atoms with van der Waals surface area (Å²) in [4.78, 5) is 13.8. The number of alkyl halides is 3. The Morgan fingerprint density at radius 3 is 2.24 bits per heavy atom. The summed E-state index contributed by atoms with van der Waals surface area (Å²) >= 11 is 0. The van der Waals surface area contributed by atoms with Crippen LogP contribution in [0.2, 0.25) is 0 Å². The number of carbonyl (C=O) groups is 1. The number of hydrogen-bond donors (Lipinski definition) is 2. The second-order valence-electron chi connectivity index (χ2n) is 5.34. The first kappa shape index (κ1) is 18.3. The van der Waals surface area contributed by atoms with Gasteiger partial charge in [-0.2, -0.15) is 18.3 Å². The van der Waals surface area contributed by atoms with Crippen LogP contribution in [0.5, 0.6) is 0 Å². The molecule has 0 bridgehead atoms. The van der Waals surface area contributed by atoms with E-state index in [-0.39, 0.29) is 11.5 Å². The third-order valence-corrected chi connectivity index (χ3v) is 3.14. The Labute approximate surface area is 143 Å². The minimum Gasteiger partial charge on any atom is -0.357 e. The predicted molar refractivity (Wildman–Crippen MR) is 91.3 cm³/mol. The number of rotatable bonds is 3. The van der Waals surface area contributed by atoms with Gasteiger partial charge in [-0.25, -0.2) is 0 Å². The first-order valence-electron chi connectivity index (χ1n) is 7.32. The van der Waals surface area contributed by atoms with Crippen molar-refractivity contribution >= 4 is 23.1 Å². The summed E-state index contributed by atoms with van der Waals surface area (Å²) in [5, 5.41) is 6.59. The maximum Gasteiger partial charge on any atom is 0.416 e. The highest BCUT2D eigenvalue weighted by Gasteiger charge is 2.30. The Morgan fingerprint density at radius 2 is 1.64 bits per heavy atom. The van der Waals surface area contributed by atoms with Crippen molar-refractivity contribution in [1.29, 1.82) is 0 Å². The molecule has 8 heteroatoms. The third kappa shape index (κ3) is 5.23. The summed E-state index contributed by atoms with van der Waals surface area (Å²) in [5.41, 5.74) is 2.40. The van der Waals surface area contributed by atoms with E-state index in [1.165, 1.54) is 17.0 Å². The van der Waals surface area contributed by atoms with E-state index in [0.29, 0.717) is 5.69 Å². The van der Waals surface area contributed by atoms with Crippen molar-refractivity contribution in [3.05, 3.63) is 60.2 Å². The number of para-hydroxylation sites is 1. The molecule has 0 unspecified atom stereocenters. The lowest BCUT2D eigenvalue weighted by Gasteiger charge is -2.16. The van der Waals surface area contributed by atoms with Crippen LogP contribution in [-0.2, 0) is 11.0 Å². The van der Waals surface area contributed by atoms with Crippen molar-refractivity contribution in [3.63, 3.8) is 0 Å². The molecule has 0 radical (unpaired) electrons. The van der Waals surface area contributed by atoms with Crippen molar-refractivity contribution in [2.75, 3.05) is 24.8 Å². The van der Waals surface area contributed by atoms with Gasteiger partial charge in [0.05, 0.1) is 11.3 Å². The summed E-state index contributed by atoms with van der Waals surface area (Å²) in [6, 6.07) is 13.4. The van der Waals surface area contributed by atoms with E-state index in [4.69, 9.17) is 0 Å². The number of benzene rings is 2. The average molecular weight is 350 g/mol. The summed E-state index contributed by atoms with van der Waals surface area (Å²) in [7, 11) is 3.22. The van der Waals surface area contributed by atoms with Crippen LogP contribution in [0.15, 0.2) is 59.7 Å². The molecule has 2 aromatic carbocycles. The lowest BCUT2D eigenvalue weighted by molar-refractivity contribution is -0.137. The molecule has 0 aliphatic rings. The van der Waals surface area contributed by atoms with Crippen LogP contribution in [0, 0.1) is 0 Å². The van der Waals surface area contributed by atoms with Gasteiger partial charge in [-0.1, -0.05) is 24.3 Å². The monoisotopic (exact) mass is 350 g/mol. The van der Waals surface area contributed by atoms with E-state index < -0.39 is 17.6 Å². The molecule has 0 spiro atoms. The van der Waals surface area contributed by atoms with Gasteiger partial charge in [0.2, 0.25) is 5.84 Å². The highest BCUT2D eigenvalue weighted by atomic mass is 19.4. The van der Waals surface area contributed by atoms with Crippen LogP contribution in [0.3, 0.4) is 0 Å². The summed E-state index contributed by atoms with van der Waals surface area (Å²) < 4.78 is 38.2. The highest BCUT2D eigenvalue weighted by molar-refractivity contribution is 6.42. The Hall–Kier alpha value is -3.03. The molecule has 0 aliphatic heterocycles. The maximum absolute atomic E-state index is 12.7. The Balaban J connectivity index is 2.16. The van der Waals surface area contributed by atoms with E-state index >= 15 is 0 Å². The molecule has 0 aliphatic carbocycles. The van der Waals surface area contributed by atoms with Crippen LogP contribution in [0.1, 0.15) is 5.56 Å². The molecule has 132 valence electrons. The standard InChI is InChI=1S/C17H17F3N4O/c1-24(2)15(16(25)21-13-8-4-3-5-9-13)23-22-14-10-6-7-12(11-14)17(18,19)20/h3-11,22H,1-2H3,(H,21,25)/b23-15-. The number of nitrogens with one attached hydrogen (secondary N) is 2. The van der Waals surface area contributed by atoms with Gasteiger partial charge in [-0.15, -0.1) is 0 Å². The number of nitrogens with zero attached hydrogens (tertiary/aromatic N) is 2. The van der Waals surface area contributed by atoms with Gasteiger partial charge < -0.3 is 10.2 Å². The van der Waals surface area contributed by atoms with Crippen molar-refractivity contribution in [2.24, 2.45) is 5.10 Å². The SMILES string of the molecule is CN(C)/C(=N\Nc1cccc(C(F)(F)F)c1)C(=O)Nc1ccccc1. The molecule has 2 rings (SSSR count). The molecule has 0 aromatic heterocycles. The average Bonchev–Trinajstić information content (AvgIpc) is 2.55. The zero-order chi connectivity index (χ0) is 18.4. The molecule has 2 N–H and O–H groups in total. The van der Waals surface area contributed by atoms with Gasteiger partial charge in [0.15, 0.2) is 0 Å². The summed E-state index contributed by atoms with van der Waals surface area (Å²) in [5.74, 6) is -0.475. The Morgan fingerprint density at radius 1 is 1.00 bits per heavy atom. The minimum absolute atomic E-state index is 0.0151. The summed E-state index contributed by atoms with van der Waals surface area (Å²) in [6.45, 7) is 0. The van der Waals surface area contributed by atoms with E-state index in [0.717, 1.165) is 12.1 Å². The second kappa shape index (κ2) is 7.69. The van der Waals surface area contributed by atoms with Gasteiger partial charge in [-0.3, -0.25) is 10.2 Å². The van der Waals surface area contributed by atoms with Crippen molar-refractivity contribution in [3.8, 4) is 0 Å². The van der Waals surface area contributed by atoms with E-state index in [1.54, 1.807) is 38.4 Å². The number of amides is 1. The normalized spacial score (nSPS) is 11.8. The first-order chi connectivity index (χ1) is 11.8. The number of likely N-dealkylation sites (N-methyl/N-ethyl adjacent to an activating group) is 1. The molecule has 2 aromatic rings. The largest absolute Gasteiger partial charge is 0.416 e. The summed E-state index contributed by atoms with van der Waals surface area (Å²) in [6.07, 6.45) is -4.45. The van der Waals surface area contributed by atoms with Crippen LogP contribution in [0.4, 0.5) is 24.5 Å². The number of anilines is 2. The molecule has 0 saturated carbocycles. The topological polar surface area (TPSA) is 56.7 Å². The molecule has 0 saturated heterocycles. The van der Waals surface area contributed by atoms with Crippen molar-refractivity contribution in [1.82, 2.24) is 4.90 Å². The number of halogens is 3. The molecule has 0 heterocycles. The highest BCUT2D eigenvalue weighted by Crippen LogP contribution is 2.30. The molecular formula is C17H17F3N4O. The fourth-order valence-electron chi connectivity index (χ4n) is 1.94. The van der Waals surface area contributed by atoms with Gasteiger partial charge >= 0.3 is 6.18 Å². The fourth-order valence-corrected chi connectivity index (χ4v) is 1.94. The molecule has 25 heavy (non-hydrogen) atoms. The quantitative estimate of drug-likeness (QED) is 0.505. The predicted octanol–water partition coefficient (Wildman–Crippen LogP) is 3.63. The van der Waals surface area contributed by atoms with Crippen LogP contribution < -0.4 is 10.7 Å². The van der Waals surface area contributed by atoms with Crippen LogP contribution in [-0.4, -0.2) is 30.7 Å². The molecular weight excluding hydrogens is 333 g/mol. The molecule has 5 nitrogen and oxygen atoms in total. The zero-order valence-corrected chi connectivity index (χ0v) is 13.6. The number of hydrogen-bond acceptors (Lipinski definition) is 3. The van der Waals surface area contributed by atoms with E-state index in [1.807, 2.05) is 6.07 Å². The Bertz CT molecular complexity index is 758. The Kier molecular flexibility index (Phi) is 5.63. The van der Waals surface area contributed by atoms with Gasteiger partial charge in [0.1, 0.15) is 0 Å². The maximum atomic E-state index is 12.7. The fraction of sp³-hybridized carbons (Fsp3) is 0.176. The molecule has 0 fully saturated rings. The molecule has 1 amide bonds. The van der Waals surface area contributed by atoms with Crippen molar-refractivity contribution in [2.45, 2.75) is 6.18 Å².